The summed E-state index contributed by atoms with van der Waals surface area (Å²) < 4.78 is 5.67. The summed E-state index contributed by atoms with van der Waals surface area (Å²) >= 11 is 0. The lowest BCUT2D eigenvalue weighted by atomic mass is 10.2. The monoisotopic (exact) mass is 224 g/mol. The van der Waals surface area contributed by atoms with E-state index >= 15 is 0 Å². The fraction of sp³-hybridized carbons (Fsp3) is 0.0714. The van der Waals surface area contributed by atoms with E-state index in [0.717, 1.165) is 17.2 Å². The van der Waals surface area contributed by atoms with Gasteiger partial charge in [-0.15, -0.1) is 0 Å². The topological polar surface area (TPSA) is 45.0 Å². The van der Waals surface area contributed by atoms with Crippen molar-refractivity contribution >= 4 is 5.69 Å². The molecule has 0 heterocycles. The number of hydrogen-bond donors (Lipinski definition) is 1. The maximum Gasteiger partial charge on any atom is 0.129 e. The molecule has 17 heavy (non-hydrogen) atoms. The molecular formula is C14H12N2O. The minimum atomic E-state index is 0.626. The molecule has 0 atom stereocenters. The molecule has 3 heteroatoms. The van der Waals surface area contributed by atoms with Crippen LogP contribution in [0.25, 0.3) is 0 Å². The Hall–Kier alpha value is -2.47. The van der Waals surface area contributed by atoms with Crippen LogP contribution in [0.5, 0.6) is 11.5 Å². The zero-order valence-corrected chi connectivity index (χ0v) is 9.47. The van der Waals surface area contributed by atoms with E-state index in [-0.39, 0.29) is 0 Å². The van der Waals surface area contributed by atoms with E-state index < -0.39 is 0 Å². The minimum Gasteiger partial charge on any atom is -0.457 e. The van der Waals surface area contributed by atoms with Crippen LogP contribution in [-0.4, -0.2) is 7.05 Å². The van der Waals surface area contributed by atoms with E-state index in [9.17, 15) is 0 Å². The van der Waals surface area contributed by atoms with Crippen LogP contribution in [0.1, 0.15) is 5.56 Å². The fourth-order valence-electron chi connectivity index (χ4n) is 1.45. The van der Waals surface area contributed by atoms with Crippen molar-refractivity contribution < 1.29 is 4.74 Å². The molecule has 0 bridgehead atoms. The van der Waals surface area contributed by atoms with Gasteiger partial charge >= 0.3 is 0 Å². The molecule has 0 amide bonds. The summed E-state index contributed by atoms with van der Waals surface area (Å²) in [6.45, 7) is 0. The molecule has 0 aromatic heterocycles. The smallest absolute Gasteiger partial charge is 0.129 e. The van der Waals surface area contributed by atoms with Crippen molar-refractivity contribution in [2.24, 2.45) is 0 Å². The van der Waals surface area contributed by atoms with Gasteiger partial charge in [0.15, 0.2) is 0 Å². The molecular weight excluding hydrogens is 212 g/mol. The van der Waals surface area contributed by atoms with Gasteiger partial charge in [0.1, 0.15) is 11.5 Å². The predicted octanol–water partition coefficient (Wildman–Crippen LogP) is 3.39. The lowest BCUT2D eigenvalue weighted by Crippen LogP contribution is -1.89. The van der Waals surface area contributed by atoms with Gasteiger partial charge in [-0.2, -0.15) is 5.26 Å². The standard InChI is InChI=1S/C14H12N2O/c1-16-12-3-2-4-14(9-12)17-13-7-5-11(10-15)6-8-13/h2-9,16H,1H3. The number of benzene rings is 2. The summed E-state index contributed by atoms with van der Waals surface area (Å²) in [5, 5.41) is 11.7. The quantitative estimate of drug-likeness (QED) is 0.869. The number of rotatable bonds is 3. The van der Waals surface area contributed by atoms with E-state index in [1.54, 1.807) is 24.3 Å². The summed E-state index contributed by atoms with van der Waals surface area (Å²) in [4.78, 5) is 0. The lowest BCUT2D eigenvalue weighted by molar-refractivity contribution is 0.483. The lowest BCUT2D eigenvalue weighted by Gasteiger charge is -2.07. The zero-order chi connectivity index (χ0) is 12.1. The van der Waals surface area contributed by atoms with Gasteiger partial charge in [0.2, 0.25) is 0 Å². The van der Waals surface area contributed by atoms with E-state index in [1.165, 1.54) is 0 Å². The van der Waals surface area contributed by atoms with Crippen LogP contribution in [0, 0.1) is 11.3 Å². The van der Waals surface area contributed by atoms with Crippen molar-refractivity contribution in [3.05, 3.63) is 54.1 Å². The Kier molecular flexibility index (Phi) is 3.27. The number of nitriles is 1. The van der Waals surface area contributed by atoms with Gasteiger partial charge in [-0.3, -0.25) is 0 Å². The SMILES string of the molecule is CNc1cccc(Oc2ccc(C#N)cc2)c1. The Bertz CT molecular complexity index is 541. The molecule has 0 aliphatic heterocycles. The molecule has 0 saturated heterocycles. The number of nitrogens with zero attached hydrogens (tertiary/aromatic N) is 1. The van der Waals surface area contributed by atoms with Crippen LogP contribution in [0.3, 0.4) is 0 Å². The molecule has 0 fully saturated rings. The first kappa shape index (κ1) is 11.0. The number of ether oxygens (including phenoxy) is 1. The highest BCUT2D eigenvalue weighted by Crippen LogP contribution is 2.23. The van der Waals surface area contributed by atoms with Crippen molar-refractivity contribution in [1.29, 1.82) is 5.26 Å². The van der Waals surface area contributed by atoms with E-state index in [1.807, 2.05) is 31.3 Å². The molecule has 0 aliphatic rings. The predicted molar refractivity (Wildman–Crippen MR) is 67.2 cm³/mol. The normalized spacial score (nSPS) is 9.41. The second kappa shape index (κ2) is 5.04. The first-order valence-corrected chi connectivity index (χ1v) is 5.27. The van der Waals surface area contributed by atoms with Crippen molar-refractivity contribution in [1.82, 2.24) is 0 Å². The van der Waals surface area contributed by atoms with Crippen molar-refractivity contribution in [3.63, 3.8) is 0 Å². The van der Waals surface area contributed by atoms with E-state index in [2.05, 4.69) is 11.4 Å². The second-order valence-corrected chi connectivity index (χ2v) is 3.52. The minimum absolute atomic E-state index is 0.626. The zero-order valence-electron chi connectivity index (χ0n) is 9.47. The molecule has 84 valence electrons. The number of nitrogens with one attached hydrogen (secondary N) is 1. The highest BCUT2D eigenvalue weighted by molar-refractivity contribution is 5.48. The second-order valence-electron chi connectivity index (χ2n) is 3.52. The van der Waals surface area contributed by atoms with Gasteiger partial charge in [0.25, 0.3) is 0 Å². The first-order chi connectivity index (χ1) is 8.31. The number of hydrogen-bond acceptors (Lipinski definition) is 3. The Balaban J connectivity index is 2.16. The highest BCUT2D eigenvalue weighted by atomic mass is 16.5. The van der Waals surface area contributed by atoms with Crippen LogP contribution in [0.4, 0.5) is 5.69 Å². The van der Waals surface area contributed by atoms with Gasteiger partial charge in [0.05, 0.1) is 11.6 Å². The largest absolute Gasteiger partial charge is 0.457 e. The average molecular weight is 224 g/mol. The summed E-state index contributed by atoms with van der Waals surface area (Å²) in [5.41, 5.74) is 1.62. The number of anilines is 1. The van der Waals surface area contributed by atoms with Crippen LogP contribution in [0.2, 0.25) is 0 Å². The third kappa shape index (κ3) is 2.76. The van der Waals surface area contributed by atoms with E-state index in [4.69, 9.17) is 10.00 Å². The third-order valence-electron chi connectivity index (χ3n) is 2.34. The average Bonchev–Trinajstić information content (AvgIpc) is 2.40. The Morgan fingerprint density at radius 3 is 2.47 bits per heavy atom. The molecule has 0 spiro atoms. The third-order valence-corrected chi connectivity index (χ3v) is 2.34. The molecule has 0 radical (unpaired) electrons. The van der Waals surface area contributed by atoms with Crippen molar-refractivity contribution in [2.45, 2.75) is 0 Å². The van der Waals surface area contributed by atoms with Crippen LogP contribution in [-0.2, 0) is 0 Å². The van der Waals surface area contributed by atoms with Gasteiger partial charge < -0.3 is 10.1 Å². The van der Waals surface area contributed by atoms with Crippen LogP contribution in [0.15, 0.2) is 48.5 Å². The van der Waals surface area contributed by atoms with E-state index in [0.29, 0.717) is 5.56 Å². The van der Waals surface area contributed by atoms with Gasteiger partial charge in [0, 0.05) is 18.8 Å². The summed E-state index contributed by atoms with van der Waals surface area (Å²) in [5.74, 6) is 1.49. The Morgan fingerprint density at radius 1 is 1.06 bits per heavy atom. The molecule has 2 aromatic carbocycles. The summed E-state index contributed by atoms with van der Waals surface area (Å²) in [7, 11) is 1.86. The molecule has 0 unspecified atom stereocenters. The first-order valence-electron chi connectivity index (χ1n) is 5.27. The van der Waals surface area contributed by atoms with Gasteiger partial charge in [-0.1, -0.05) is 6.07 Å². The maximum atomic E-state index is 8.69. The van der Waals surface area contributed by atoms with Crippen molar-refractivity contribution in [2.75, 3.05) is 12.4 Å². The van der Waals surface area contributed by atoms with Gasteiger partial charge in [-0.05, 0) is 36.4 Å². The van der Waals surface area contributed by atoms with Crippen LogP contribution < -0.4 is 10.1 Å². The molecule has 0 aliphatic carbocycles. The molecule has 0 saturated carbocycles. The molecule has 3 nitrogen and oxygen atoms in total. The van der Waals surface area contributed by atoms with Crippen LogP contribution >= 0.6 is 0 Å². The molecule has 2 rings (SSSR count). The highest BCUT2D eigenvalue weighted by Gasteiger charge is 1.98. The molecule has 1 N–H and O–H groups in total. The van der Waals surface area contributed by atoms with Crippen molar-refractivity contribution in [3.8, 4) is 17.6 Å². The summed E-state index contributed by atoms with van der Waals surface area (Å²) in [6.07, 6.45) is 0. The Morgan fingerprint density at radius 2 is 1.82 bits per heavy atom. The summed E-state index contributed by atoms with van der Waals surface area (Å²) in [6, 6.07) is 16.8. The Labute approximate surface area is 100 Å². The maximum absolute atomic E-state index is 8.69. The fourth-order valence-corrected chi connectivity index (χ4v) is 1.45. The molecule has 2 aromatic rings. The van der Waals surface area contributed by atoms with Gasteiger partial charge in [-0.25, -0.2) is 0 Å².